The lowest BCUT2D eigenvalue weighted by Crippen LogP contribution is -2.35. The summed E-state index contributed by atoms with van der Waals surface area (Å²) in [5.74, 6) is -0.143. The first kappa shape index (κ1) is 20.2. The summed E-state index contributed by atoms with van der Waals surface area (Å²) in [6.07, 6.45) is 0. The molecule has 148 valence electrons. The summed E-state index contributed by atoms with van der Waals surface area (Å²) in [5.41, 5.74) is 2.56. The predicted molar refractivity (Wildman–Crippen MR) is 112 cm³/mol. The number of nitrogens with zero attached hydrogens (tertiary/aromatic N) is 3. The van der Waals surface area contributed by atoms with Crippen molar-refractivity contribution in [1.29, 1.82) is 0 Å². The third-order valence-corrected chi connectivity index (χ3v) is 6.84. The summed E-state index contributed by atoms with van der Waals surface area (Å²) in [4.78, 5) is 19.4. The van der Waals surface area contributed by atoms with Crippen molar-refractivity contribution in [1.82, 2.24) is 4.31 Å². The number of amides is 1. The zero-order chi connectivity index (χ0) is 20.5. The SMILES string of the molecule is CCN(CC)S(=O)(=O)c1ccc(N=C2C(=O)N(C(C)C)c3ccccc32)cc1. The molecule has 0 aliphatic carbocycles. The lowest BCUT2D eigenvalue weighted by Gasteiger charge is -2.21. The van der Waals surface area contributed by atoms with Crippen LogP contribution in [0.3, 0.4) is 0 Å². The maximum Gasteiger partial charge on any atom is 0.277 e. The maximum atomic E-state index is 12.9. The van der Waals surface area contributed by atoms with Gasteiger partial charge in [-0.2, -0.15) is 4.31 Å². The highest BCUT2D eigenvalue weighted by Gasteiger charge is 2.35. The van der Waals surface area contributed by atoms with Crippen molar-refractivity contribution < 1.29 is 13.2 Å². The van der Waals surface area contributed by atoms with E-state index in [0.29, 0.717) is 24.5 Å². The molecule has 0 N–H and O–H groups in total. The first-order chi connectivity index (χ1) is 13.3. The molecule has 1 amide bonds. The summed E-state index contributed by atoms with van der Waals surface area (Å²) >= 11 is 0. The smallest absolute Gasteiger partial charge is 0.277 e. The standard InChI is InChI=1S/C21H25N3O3S/c1-5-23(6-2)28(26,27)17-13-11-16(12-14-17)22-20-18-9-7-8-10-19(18)24(15(3)4)21(20)25/h7-15H,5-6H2,1-4H3. The molecule has 1 heterocycles. The van der Waals surface area contributed by atoms with E-state index in [1.807, 2.05) is 52.0 Å². The molecule has 0 unspecified atom stereocenters. The second kappa shape index (κ2) is 7.85. The Bertz CT molecular complexity index is 1010. The molecule has 1 aliphatic rings. The molecule has 0 radical (unpaired) electrons. The molecule has 2 aromatic carbocycles. The summed E-state index contributed by atoms with van der Waals surface area (Å²) < 4.78 is 26.6. The van der Waals surface area contributed by atoms with Gasteiger partial charge in [0.15, 0.2) is 0 Å². The van der Waals surface area contributed by atoms with E-state index in [-0.39, 0.29) is 16.8 Å². The van der Waals surface area contributed by atoms with Gasteiger partial charge in [0.05, 0.1) is 16.3 Å². The van der Waals surface area contributed by atoms with Crippen LogP contribution in [0.4, 0.5) is 11.4 Å². The molecular weight excluding hydrogens is 374 g/mol. The molecule has 0 spiro atoms. The van der Waals surface area contributed by atoms with Crippen LogP contribution >= 0.6 is 0 Å². The number of aliphatic imine (C=N–C) groups is 1. The van der Waals surface area contributed by atoms with E-state index in [4.69, 9.17) is 0 Å². The van der Waals surface area contributed by atoms with Crippen LogP contribution in [0.2, 0.25) is 0 Å². The van der Waals surface area contributed by atoms with Crippen LogP contribution in [0, 0.1) is 0 Å². The van der Waals surface area contributed by atoms with E-state index in [9.17, 15) is 13.2 Å². The van der Waals surface area contributed by atoms with E-state index >= 15 is 0 Å². The highest BCUT2D eigenvalue weighted by molar-refractivity contribution is 7.89. The Morgan fingerprint density at radius 1 is 1.00 bits per heavy atom. The zero-order valence-electron chi connectivity index (χ0n) is 16.6. The van der Waals surface area contributed by atoms with Gasteiger partial charge in [0.1, 0.15) is 5.71 Å². The van der Waals surface area contributed by atoms with Gasteiger partial charge < -0.3 is 4.90 Å². The number of benzene rings is 2. The van der Waals surface area contributed by atoms with Crippen LogP contribution in [0.25, 0.3) is 0 Å². The minimum atomic E-state index is -3.51. The van der Waals surface area contributed by atoms with E-state index < -0.39 is 10.0 Å². The lowest BCUT2D eigenvalue weighted by molar-refractivity contribution is -0.112. The molecule has 0 saturated heterocycles. The second-order valence-corrected chi connectivity index (χ2v) is 8.77. The van der Waals surface area contributed by atoms with Crippen molar-refractivity contribution in [2.45, 2.75) is 38.6 Å². The first-order valence-electron chi connectivity index (χ1n) is 9.43. The predicted octanol–water partition coefficient (Wildman–Crippen LogP) is 3.59. The molecule has 0 aromatic heterocycles. The Morgan fingerprint density at radius 3 is 2.18 bits per heavy atom. The topological polar surface area (TPSA) is 70.0 Å². The highest BCUT2D eigenvalue weighted by Crippen LogP contribution is 2.32. The Labute approximate surface area is 166 Å². The van der Waals surface area contributed by atoms with Crippen molar-refractivity contribution in [3.63, 3.8) is 0 Å². The Hall–Kier alpha value is -2.51. The molecule has 28 heavy (non-hydrogen) atoms. The van der Waals surface area contributed by atoms with E-state index in [1.165, 1.54) is 4.31 Å². The van der Waals surface area contributed by atoms with Gasteiger partial charge in [-0.1, -0.05) is 32.0 Å². The molecule has 0 fully saturated rings. The molecule has 0 atom stereocenters. The summed E-state index contributed by atoms with van der Waals surface area (Å²) in [7, 11) is -3.51. The summed E-state index contributed by atoms with van der Waals surface area (Å²) in [5, 5.41) is 0. The fourth-order valence-corrected chi connectivity index (χ4v) is 4.84. The average molecular weight is 400 g/mol. The van der Waals surface area contributed by atoms with Gasteiger partial charge in [0, 0.05) is 24.7 Å². The number of carbonyl (C=O) groups is 1. The Balaban J connectivity index is 1.98. The number of rotatable bonds is 6. The molecule has 3 rings (SSSR count). The highest BCUT2D eigenvalue weighted by atomic mass is 32.2. The van der Waals surface area contributed by atoms with Gasteiger partial charge in [-0.15, -0.1) is 0 Å². The number of para-hydroxylation sites is 1. The number of anilines is 1. The van der Waals surface area contributed by atoms with Crippen LogP contribution < -0.4 is 4.90 Å². The van der Waals surface area contributed by atoms with Crippen molar-refractivity contribution in [3.8, 4) is 0 Å². The van der Waals surface area contributed by atoms with Gasteiger partial charge in [-0.3, -0.25) is 4.79 Å². The van der Waals surface area contributed by atoms with Crippen LogP contribution in [-0.2, 0) is 14.8 Å². The number of sulfonamides is 1. The molecule has 1 aliphatic heterocycles. The molecule has 0 saturated carbocycles. The quantitative estimate of drug-likeness (QED) is 0.745. The van der Waals surface area contributed by atoms with Gasteiger partial charge in [0.25, 0.3) is 5.91 Å². The monoisotopic (exact) mass is 399 g/mol. The van der Waals surface area contributed by atoms with Crippen molar-refractivity contribution in [2.75, 3.05) is 18.0 Å². The van der Waals surface area contributed by atoms with Crippen LogP contribution in [-0.4, -0.2) is 43.5 Å². The number of hydrogen-bond donors (Lipinski definition) is 0. The lowest BCUT2D eigenvalue weighted by atomic mass is 10.1. The van der Waals surface area contributed by atoms with Crippen molar-refractivity contribution in [2.24, 2.45) is 4.99 Å². The minimum Gasteiger partial charge on any atom is -0.304 e. The Kier molecular flexibility index (Phi) is 5.67. The van der Waals surface area contributed by atoms with E-state index in [1.54, 1.807) is 29.2 Å². The second-order valence-electron chi connectivity index (χ2n) is 6.83. The molecule has 7 heteroatoms. The van der Waals surface area contributed by atoms with Crippen molar-refractivity contribution >= 4 is 33.0 Å². The number of hydrogen-bond acceptors (Lipinski definition) is 4. The Morgan fingerprint density at radius 2 is 1.61 bits per heavy atom. The molecular formula is C21H25N3O3S. The summed E-state index contributed by atoms with van der Waals surface area (Å²) in [6, 6.07) is 13.9. The maximum absolute atomic E-state index is 12.9. The fourth-order valence-electron chi connectivity index (χ4n) is 3.38. The zero-order valence-corrected chi connectivity index (χ0v) is 17.4. The molecule has 2 aromatic rings. The van der Waals surface area contributed by atoms with Crippen LogP contribution in [0.5, 0.6) is 0 Å². The van der Waals surface area contributed by atoms with Gasteiger partial charge >= 0.3 is 0 Å². The van der Waals surface area contributed by atoms with Crippen LogP contribution in [0.1, 0.15) is 33.3 Å². The van der Waals surface area contributed by atoms with Crippen LogP contribution in [0.15, 0.2) is 58.4 Å². The first-order valence-corrected chi connectivity index (χ1v) is 10.9. The van der Waals surface area contributed by atoms with E-state index in [2.05, 4.69) is 4.99 Å². The minimum absolute atomic E-state index is 0.0166. The normalized spacial score (nSPS) is 15.7. The summed E-state index contributed by atoms with van der Waals surface area (Å²) in [6.45, 7) is 8.38. The van der Waals surface area contributed by atoms with Gasteiger partial charge in [-0.25, -0.2) is 13.4 Å². The fraction of sp³-hybridized carbons (Fsp3) is 0.333. The van der Waals surface area contributed by atoms with Crippen molar-refractivity contribution in [3.05, 3.63) is 54.1 Å². The van der Waals surface area contributed by atoms with Gasteiger partial charge in [0.2, 0.25) is 10.0 Å². The third-order valence-electron chi connectivity index (χ3n) is 4.78. The third kappa shape index (κ3) is 3.47. The largest absolute Gasteiger partial charge is 0.304 e. The van der Waals surface area contributed by atoms with E-state index in [0.717, 1.165) is 11.3 Å². The number of carbonyl (C=O) groups excluding carboxylic acids is 1. The van der Waals surface area contributed by atoms with Gasteiger partial charge in [-0.05, 0) is 44.2 Å². The number of fused-ring (bicyclic) bond motifs is 1. The molecule has 0 bridgehead atoms. The average Bonchev–Trinajstić information content (AvgIpc) is 2.95. The molecule has 6 nitrogen and oxygen atoms in total.